The number of ether oxygens (including phenoxy) is 1. The van der Waals surface area contributed by atoms with Crippen LogP contribution in [0.4, 0.5) is 14.9 Å². The van der Waals surface area contributed by atoms with E-state index in [-0.39, 0.29) is 11.8 Å². The van der Waals surface area contributed by atoms with E-state index in [9.17, 15) is 9.18 Å². The van der Waals surface area contributed by atoms with Gasteiger partial charge < -0.3 is 15.0 Å². The molecule has 150 valence electrons. The molecule has 8 heteroatoms. The molecule has 0 saturated heterocycles. The van der Waals surface area contributed by atoms with Crippen molar-refractivity contribution in [3.05, 3.63) is 65.1 Å². The lowest BCUT2D eigenvalue weighted by Gasteiger charge is -2.20. The highest BCUT2D eigenvalue weighted by Crippen LogP contribution is 2.25. The van der Waals surface area contributed by atoms with Crippen LogP contribution < -0.4 is 10.1 Å². The fourth-order valence-corrected chi connectivity index (χ4v) is 3.56. The van der Waals surface area contributed by atoms with E-state index < -0.39 is 5.82 Å². The third kappa shape index (κ3) is 4.19. The number of carbonyl (C=O) groups is 1. The standard InChI is InChI=1S/C21H20ClFN4O2/c1-29-20-7-6-16(11-18(20)23)24-21(28)26-8-3-9-27-17(13-26)12-19(25-27)14-4-2-5-15(22)10-14/h2,4-7,10-12H,3,8-9,13H2,1H3,(H,24,28). The van der Waals surface area contributed by atoms with E-state index >= 15 is 0 Å². The Kier molecular flexibility index (Phi) is 5.40. The summed E-state index contributed by atoms with van der Waals surface area (Å²) in [5.41, 5.74) is 3.07. The Morgan fingerprint density at radius 1 is 1.21 bits per heavy atom. The van der Waals surface area contributed by atoms with Gasteiger partial charge in [0.1, 0.15) is 0 Å². The molecule has 0 bridgehead atoms. The molecule has 0 atom stereocenters. The van der Waals surface area contributed by atoms with E-state index in [2.05, 4.69) is 10.4 Å². The predicted molar refractivity (Wildman–Crippen MR) is 110 cm³/mol. The molecule has 0 spiro atoms. The molecule has 0 fully saturated rings. The number of hydrogen-bond donors (Lipinski definition) is 1. The normalized spacial score (nSPS) is 13.6. The predicted octanol–water partition coefficient (Wildman–Crippen LogP) is 4.79. The minimum absolute atomic E-state index is 0.134. The number of carbonyl (C=O) groups excluding carboxylic acids is 1. The van der Waals surface area contributed by atoms with Crippen molar-refractivity contribution in [2.75, 3.05) is 19.0 Å². The van der Waals surface area contributed by atoms with Gasteiger partial charge in [0.05, 0.1) is 25.0 Å². The average Bonchev–Trinajstić information content (AvgIpc) is 2.99. The number of amides is 2. The van der Waals surface area contributed by atoms with Crippen molar-refractivity contribution in [1.29, 1.82) is 0 Å². The molecule has 4 rings (SSSR count). The van der Waals surface area contributed by atoms with Gasteiger partial charge in [-0.05, 0) is 36.8 Å². The summed E-state index contributed by atoms with van der Waals surface area (Å²) in [6.07, 6.45) is 0.772. The van der Waals surface area contributed by atoms with Crippen LogP contribution in [0.25, 0.3) is 11.3 Å². The van der Waals surface area contributed by atoms with Crippen LogP contribution >= 0.6 is 11.6 Å². The first-order valence-electron chi connectivity index (χ1n) is 9.25. The summed E-state index contributed by atoms with van der Waals surface area (Å²) in [5.74, 6) is -0.388. The van der Waals surface area contributed by atoms with Gasteiger partial charge in [-0.1, -0.05) is 23.7 Å². The van der Waals surface area contributed by atoms with Crippen molar-refractivity contribution in [2.24, 2.45) is 0 Å². The fraction of sp³-hybridized carbons (Fsp3) is 0.238. The zero-order valence-corrected chi connectivity index (χ0v) is 16.6. The minimum Gasteiger partial charge on any atom is -0.494 e. The van der Waals surface area contributed by atoms with Crippen molar-refractivity contribution >= 4 is 23.3 Å². The van der Waals surface area contributed by atoms with Crippen LogP contribution in [0.3, 0.4) is 0 Å². The van der Waals surface area contributed by atoms with Crippen molar-refractivity contribution in [1.82, 2.24) is 14.7 Å². The number of halogens is 2. The number of nitrogens with one attached hydrogen (secondary N) is 1. The van der Waals surface area contributed by atoms with Crippen LogP contribution in [-0.2, 0) is 13.1 Å². The number of aromatic nitrogens is 2. The maximum atomic E-state index is 13.9. The average molecular weight is 415 g/mol. The molecular formula is C21H20ClFN4O2. The summed E-state index contributed by atoms with van der Waals surface area (Å²) in [7, 11) is 1.40. The van der Waals surface area contributed by atoms with Gasteiger partial charge in [-0.25, -0.2) is 9.18 Å². The number of fused-ring (bicyclic) bond motifs is 1. The first-order chi connectivity index (χ1) is 14.0. The second-order valence-corrected chi connectivity index (χ2v) is 7.25. The molecule has 1 aromatic heterocycles. The molecule has 0 saturated carbocycles. The Hall–Kier alpha value is -3.06. The Bertz CT molecular complexity index is 1050. The summed E-state index contributed by atoms with van der Waals surface area (Å²) in [4.78, 5) is 14.4. The van der Waals surface area contributed by atoms with Crippen LogP contribution in [0.5, 0.6) is 5.75 Å². The van der Waals surface area contributed by atoms with Crippen molar-refractivity contribution in [2.45, 2.75) is 19.5 Å². The molecule has 29 heavy (non-hydrogen) atoms. The third-order valence-corrected chi connectivity index (χ3v) is 5.06. The number of urea groups is 1. The smallest absolute Gasteiger partial charge is 0.322 e. The molecule has 0 unspecified atom stereocenters. The van der Waals surface area contributed by atoms with Gasteiger partial charge in [-0.3, -0.25) is 4.68 Å². The van der Waals surface area contributed by atoms with Gasteiger partial charge in [0.25, 0.3) is 0 Å². The lowest BCUT2D eigenvalue weighted by molar-refractivity contribution is 0.210. The highest BCUT2D eigenvalue weighted by molar-refractivity contribution is 6.30. The second-order valence-electron chi connectivity index (χ2n) is 6.81. The Labute approximate surface area is 172 Å². The Balaban J connectivity index is 1.51. The molecule has 2 amide bonds. The molecule has 1 N–H and O–H groups in total. The van der Waals surface area contributed by atoms with E-state index in [1.54, 1.807) is 11.0 Å². The molecular weight excluding hydrogens is 395 g/mol. The van der Waals surface area contributed by atoms with E-state index in [0.29, 0.717) is 23.8 Å². The maximum Gasteiger partial charge on any atom is 0.322 e. The monoisotopic (exact) mass is 414 g/mol. The molecule has 2 aromatic carbocycles. The molecule has 3 aromatic rings. The quantitative estimate of drug-likeness (QED) is 0.670. The maximum absolute atomic E-state index is 13.9. The van der Waals surface area contributed by atoms with Gasteiger partial charge in [-0.15, -0.1) is 0 Å². The minimum atomic E-state index is -0.523. The van der Waals surface area contributed by atoms with Crippen molar-refractivity contribution < 1.29 is 13.9 Å². The number of rotatable bonds is 3. The lowest BCUT2D eigenvalue weighted by Crippen LogP contribution is -2.34. The summed E-state index contributed by atoms with van der Waals surface area (Å²) in [6.45, 7) is 1.72. The topological polar surface area (TPSA) is 59.4 Å². The Morgan fingerprint density at radius 2 is 2.07 bits per heavy atom. The SMILES string of the molecule is COc1ccc(NC(=O)N2CCCn3nc(-c4cccc(Cl)c4)cc3C2)cc1F. The second kappa shape index (κ2) is 8.13. The lowest BCUT2D eigenvalue weighted by atomic mass is 10.1. The molecule has 1 aliphatic rings. The summed E-state index contributed by atoms with van der Waals surface area (Å²) >= 11 is 6.09. The molecule has 0 aliphatic carbocycles. The van der Waals surface area contributed by atoms with E-state index in [0.717, 1.165) is 29.9 Å². The number of methoxy groups -OCH3 is 1. The number of anilines is 1. The zero-order valence-electron chi connectivity index (χ0n) is 15.9. The van der Waals surface area contributed by atoms with Gasteiger partial charge in [0, 0.05) is 35.4 Å². The van der Waals surface area contributed by atoms with Gasteiger partial charge in [-0.2, -0.15) is 5.10 Å². The summed E-state index contributed by atoms with van der Waals surface area (Å²) in [6, 6.07) is 13.6. The number of benzene rings is 2. The third-order valence-electron chi connectivity index (χ3n) is 4.82. The van der Waals surface area contributed by atoms with Crippen molar-refractivity contribution in [3.63, 3.8) is 0 Å². The van der Waals surface area contributed by atoms with Gasteiger partial charge >= 0.3 is 6.03 Å². The highest BCUT2D eigenvalue weighted by Gasteiger charge is 2.21. The number of nitrogens with zero attached hydrogens (tertiary/aromatic N) is 3. The molecule has 6 nitrogen and oxygen atoms in total. The van der Waals surface area contributed by atoms with Crippen LogP contribution in [-0.4, -0.2) is 34.4 Å². The zero-order chi connectivity index (χ0) is 20.4. The Morgan fingerprint density at radius 3 is 2.83 bits per heavy atom. The van der Waals surface area contributed by atoms with Gasteiger partial charge in [0.15, 0.2) is 11.6 Å². The van der Waals surface area contributed by atoms with Gasteiger partial charge in [0.2, 0.25) is 0 Å². The largest absolute Gasteiger partial charge is 0.494 e. The van der Waals surface area contributed by atoms with Crippen LogP contribution in [0, 0.1) is 5.82 Å². The van der Waals surface area contributed by atoms with E-state index in [4.69, 9.17) is 16.3 Å². The van der Waals surface area contributed by atoms with Crippen LogP contribution in [0.1, 0.15) is 12.1 Å². The van der Waals surface area contributed by atoms with E-state index in [1.165, 1.54) is 19.2 Å². The molecule has 2 heterocycles. The van der Waals surface area contributed by atoms with Crippen molar-refractivity contribution in [3.8, 4) is 17.0 Å². The highest BCUT2D eigenvalue weighted by atomic mass is 35.5. The first-order valence-corrected chi connectivity index (χ1v) is 9.63. The first kappa shape index (κ1) is 19.3. The van der Waals surface area contributed by atoms with E-state index in [1.807, 2.05) is 35.0 Å². The number of aryl methyl sites for hydroxylation is 1. The molecule has 0 radical (unpaired) electrons. The van der Waals surface area contributed by atoms with Crippen LogP contribution in [0.2, 0.25) is 5.02 Å². The molecule has 1 aliphatic heterocycles. The van der Waals surface area contributed by atoms with Crippen LogP contribution in [0.15, 0.2) is 48.5 Å². The summed E-state index contributed by atoms with van der Waals surface area (Å²) in [5, 5.41) is 8.07. The summed E-state index contributed by atoms with van der Waals surface area (Å²) < 4.78 is 20.7. The number of hydrogen-bond acceptors (Lipinski definition) is 3. The fourth-order valence-electron chi connectivity index (χ4n) is 3.37.